The van der Waals surface area contributed by atoms with Crippen LogP contribution in [0.4, 0.5) is 4.39 Å². The number of H-pyrrole nitrogens is 1. The van der Waals surface area contributed by atoms with E-state index in [1.807, 2.05) is 6.07 Å². The number of aromatic nitrogens is 1. The van der Waals surface area contributed by atoms with E-state index in [1.54, 1.807) is 22.8 Å². The number of likely N-dealkylation sites (tertiary alicyclic amines) is 2. The first-order valence-corrected chi connectivity index (χ1v) is 10.3. The number of nitrogens with one attached hydrogen (secondary N) is 1. The van der Waals surface area contributed by atoms with E-state index < -0.39 is 0 Å². The molecule has 4 rings (SSSR count). The van der Waals surface area contributed by atoms with Crippen molar-refractivity contribution < 1.29 is 14.0 Å². The number of fused-ring (bicyclic) bond motifs is 1. The number of piperidine rings is 1. The number of amides is 2. The Labute approximate surface area is 164 Å². The Morgan fingerprint density at radius 1 is 1.14 bits per heavy atom. The lowest BCUT2D eigenvalue weighted by molar-refractivity contribution is -0.130. The maximum Gasteiger partial charge on any atom is 0.270 e. The van der Waals surface area contributed by atoms with E-state index in [1.165, 1.54) is 0 Å². The molecule has 0 saturated carbocycles. The Bertz CT molecular complexity index is 929. The molecule has 150 valence electrons. The van der Waals surface area contributed by atoms with Crippen LogP contribution < -0.4 is 0 Å². The zero-order valence-corrected chi connectivity index (χ0v) is 16.8. The van der Waals surface area contributed by atoms with Gasteiger partial charge in [0.05, 0.1) is 5.52 Å². The van der Waals surface area contributed by atoms with Crippen LogP contribution in [-0.4, -0.2) is 52.8 Å². The van der Waals surface area contributed by atoms with Gasteiger partial charge >= 0.3 is 0 Å². The minimum absolute atomic E-state index is 0.0163. The van der Waals surface area contributed by atoms with Crippen LogP contribution in [0.1, 0.15) is 73.5 Å². The van der Waals surface area contributed by atoms with Gasteiger partial charge in [0, 0.05) is 44.4 Å². The van der Waals surface area contributed by atoms with Crippen molar-refractivity contribution in [1.29, 1.82) is 0 Å². The molecule has 0 unspecified atom stereocenters. The van der Waals surface area contributed by atoms with Crippen molar-refractivity contribution in [3.63, 3.8) is 0 Å². The number of rotatable bonds is 3. The SMILES string of the molecule is CC(=O)N1CCC[C@@H](c2cc(C(C)C)c3cc(C(=O)N4CCC4)[nH]c3c2F)C1. The second-order valence-corrected chi connectivity index (χ2v) is 8.45. The predicted molar refractivity (Wildman–Crippen MR) is 107 cm³/mol. The fourth-order valence-corrected chi connectivity index (χ4v) is 4.40. The number of benzene rings is 1. The third-order valence-corrected chi connectivity index (χ3v) is 6.21. The van der Waals surface area contributed by atoms with E-state index in [9.17, 15) is 9.59 Å². The summed E-state index contributed by atoms with van der Waals surface area (Å²) in [7, 11) is 0. The third kappa shape index (κ3) is 3.19. The molecule has 2 fully saturated rings. The maximum atomic E-state index is 15.5. The van der Waals surface area contributed by atoms with E-state index >= 15 is 4.39 Å². The largest absolute Gasteiger partial charge is 0.348 e. The van der Waals surface area contributed by atoms with Crippen molar-refractivity contribution in [1.82, 2.24) is 14.8 Å². The fraction of sp³-hybridized carbons (Fsp3) is 0.545. The highest BCUT2D eigenvalue weighted by atomic mass is 19.1. The summed E-state index contributed by atoms with van der Waals surface area (Å²) >= 11 is 0. The van der Waals surface area contributed by atoms with Crippen molar-refractivity contribution >= 4 is 22.7 Å². The van der Waals surface area contributed by atoms with Gasteiger partial charge in [0.25, 0.3) is 5.91 Å². The first kappa shape index (κ1) is 19.0. The lowest BCUT2D eigenvalue weighted by Gasteiger charge is -2.33. The zero-order valence-electron chi connectivity index (χ0n) is 16.8. The summed E-state index contributed by atoms with van der Waals surface area (Å²) < 4.78 is 15.5. The number of carbonyl (C=O) groups excluding carboxylic acids is 2. The van der Waals surface area contributed by atoms with Crippen LogP contribution >= 0.6 is 0 Å². The first-order chi connectivity index (χ1) is 13.4. The summed E-state index contributed by atoms with van der Waals surface area (Å²) in [5, 5.41) is 0.791. The average molecular weight is 385 g/mol. The molecular weight excluding hydrogens is 357 g/mol. The molecule has 0 spiro atoms. The molecule has 3 heterocycles. The number of hydrogen-bond acceptors (Lipinski definition) is 2. The van der Waals surface area contributed by atoms with Crippen molar-refractivity contribution in [3.8, 4) is 0 Å². The standard InChI is InChI=1S/C22H28FN3O2/c1-13(2)16-10-17(15-6-4-7-26(12-15)14(3)27)20(23)21-18(16)11-19(24-21)22(28)25-8-5-9-25/h10-11,13,15,24H,4-9,12H2,1-3H3/t15-/m1/s1. The molecule has 2 aliphatic heterocycles. The Hall–Kier alpha value is -2.37. The zero-order chi connectivity index (χ0) is 20.0. The average Bonchev–Trinajstić information content (AvgIpc) is 3.06. The molecule has 0 bridgehead atoms. The van der Waals surface area contributed by atoms with E-state index in [0.29, 0.717) is 23.3 Å². The van der Waals surface area contributed by atoms with E-state index in [2.05, 4.69) is 18.8 Å². The minimum atomic E-state index is -0.280. The Kier molecular flexibility index (Phi) is 4.89. The van der Waals surface area contributed by atoms with Gasteiger partial charge in [-0.15, -0.1) is 0 Å². The Morgan fingerprint density at radius 2 is 1.86 bits per heavy atom. The van der Waals surface area contributed by atoms with Crippen LogP contribution in [0.25, 0.3) is 10.9 Å². The lowest BCUT2D eigenvalue weighted by Crippen LogP contribution is -2.42. The van der Waals surface area contributed by atoms with Gasteiger partial charge in [-0.3, -0.25) is 9.59 Å². The summed E-state index contributed by atoms with van der Waals surface area (Å²) in [6.07, 6.45) is 2.77. The third-order valence-electron chi connectivity index (χ3n) is 6.21. The first-order valence-electron chi connectivity index (χ1n) is 10.3. The number of nitrogens with zero attached hydrogens (tertiary/aromatic N) is 2. The second-order valence-electron chi connectivity index (χ2n) is 8.45. The topological polar surface area (TPSA) is 56.4 Å². The van der Waals surface area contributed by atoms with Crippen molar-refractivity contribution in [2.75, 3.05) is 26.2 Å². The quantitative estimate of drug-likeness (QED) is 0.868. The van der Waals surface area contributed by atoms with E-state index in [-0.39, 0.29) is 29.5 Å². The molecule has 1 aromatic carbocycles. The van der Waals surface area contributed by atoms with Gasteiger partial charge in [-0.25, -0.2) is 4.39 Å². The van der Waals surface area contributed by atoms with Crippen LogP contribution in [0.15, 0.2) is 12.1 Å². The van der Waals surface area contributed by atoms with Gasteiger partial charge in [0.2, 0.25) is 5.91 Å². The molecule has 1 N–H and O–H groups in total. The summed E-state index contributed by atoms with van der Waals surface area (Å²) in [6.45, 7) is 8.56. The monoisotopic (exact) mass is 385 g/mol. The summed E-state index contributed by atoms with van der Waals surface area (Å²) in [5.74, 6) is -0.108. The normalized spacial score (nSPS) is 20.0. The Morgan fingerprint density at radius 3 is 2.46 bits per heavy atom. The highest BCUT2D eigenvalue weighted by molar-refractivity contribution is 5.99. The van der Waals surface area contributed by atoms with Crippen molar-refractivity contribution in [2.45, 2.75) is 51.9 Å². The molecular formula is C22H28FN3O2. The van der Waals surface area contributed by atoms with Gasteiger partial charge in [-0.05, 0) is 42.4 Å². The van der Waals surface area contributed by atoms with E-state index in [0.717, 1.165) is 49.8 Å². The van der Waals surface area contributed by atoms with Crippen LogP contribution in [0.5, 0.6) is 0 Å². The molecule has 5 nitrogen and oxygen atoms in total. The number of aromatic amines is 1. The van der Waals surface area contributed by atoms with Crippen molar-refractivity contribution in [3.05, 3.63) is 34.8 Å². The molecule has 2 amide bonds. The van der Waals surface area contributed by atoms with Gasteiger partial charge in [-0.1, -0.05) is 19.9 Å². The lowest BCUT2D eigenvalue weighted by atomic mass is 9.86. The van der Waals surface area contributed by atoms with E-state index in [4.69, 9.17) is 0 Å². The molecule has 0 aliphatic carbocycles. The number of halogens is 1. The van der Waals surface area contributed by atoms with Crippen LogP contribution in [-0.2, 0) is 4.79 Å². The smallest absolute Gasteiger partial charge is 0.270 e. The predicted octanol–water partition coefficient (Wildman–Crippen LogP) is 4.00. The van der Waals surface area contributed by atoms with Gasteiger partial charge in [-0.2, -0.15) is 0 Å². The van der Waals surface area contributed by atoms with Gasteiger partial charge in [0.15, 0.2) is 5.82 Å². The maximum absolute atomic E-state index is 15.5. The number of hydrogen-bond donors (Lipinski definition) is 1. The molecule has 28 heavy (non-hydrogen) atoms. The second kappa shape index (κ2) is 7.22. The summed E-state index contributed by atoms with van der Waals surface area (Å²) in [4.78, 5) is 31.1. The van der Waals surface area contributed by atoms with Crippen molar-refractivity contribution in [2.24, 2.45) is 0 Å². The molecule has 6 heteroatoms. The highest BCUT2D eigenvalue weighted by Crippen LogP contribution is 2.37. The molecule has 0 radical (unpaired) electrons. The minimum Gasteiger partial charge on any atom is -0.348 e. The molecule has 2 saturated heterocycles. The fourth-order valence-electron chi connectivity index (χ4n) is 4.40. The van der Waals surface area contributed by atoms with Gasteiger partial charge in [0.1, 0.15) is 5.69 Å². The highest BCUT2D eigenvalue weighted by Gasteiger charge is 2.29. The summed E-state index contributed by atoms with van der Waals surface area (Å²) in [5.41, 5.74) is 2.59. The van der Waals surface area contributed by atoms with Crippen LogP contribution in [0, 0.1) is 5.82 Å². The molecule has 1 aromatic heterocycles. The number of carbonyl (C=O) groups is 2. The molecule has 2 aliphatic rings. The molecule has 1 atom stereocenters. The van der Waals surface area contributed by atoms with Gasteiger partial charge < -0.3 is 14.8 Å². The Balaban J connectivity index is 1.78. The summed E-state index contributed by atoms with van der Waals surface area (Å²) in [6, 6.07) is 3.77. The van der Waals surface area contributed by atoms with Crippen LogP contribution in [0.3, 0.4) is 0 Å². The van der Waals surface area contributed by atoms with Crippen LogP contribution in [0.2, 0.25) is 0 Å². The molecule has 2 aromatic rings.